The number of carbonyl (C=O) groups is 3. The molecule has 0 unspecified atom stereocenters. The fourth-order valence-electron chi connectivity index (χ4n) is 5.52. The fraction of sp³-hybridized carbons (Fsp3) is 0.276. The van der Waals surface area contributed by atoms with Crippen molar-refractivity contribution in [2.75, 3.05) is 20.2 Å². The van der Waals surface area contributed by atoms with Crippen LogP contribution in [-0.2, 0) is 17.6 Å². The van der Waals surface area contributed by atoms with Crippen LogP contribution in [0.5, 0.6) is 5.75 Å². The van der Waals surface area contributed by atoms with Crippen LogP contribution >= 0.6 is 0 Å². The van der Waals surface area contributed by atoms with E-state index in [2.05, 4.69) is 20.3 Å². The van der Waals surface area contributed by atoms with Crippen molar-refractivity contribution in [3.8, 4) is 34.0 Å². The Labute approximate surface area is 235 Å². The van der Waals surface area contributed by atoms with Gasteiger partial charge >= 0.3 is 0 Å². The zero-order valence-electron chi connectivity index (χ0n) is 22.8. The Morgan fingerprint density at radius 2 is 1.93 bits per heavy atom. The van der Waals surface area contributed by atoms with E-state index in [4.69, 9.17) is 15.6 Å². The summed E-state index contributed by atoms with van der Waals surface area (Å²) < 4.78 is 7.40. The predicted molar refractivity (Wildman–Crippen MR) is 148 cm³/mol. The number of fused-ring (bicyclic) bond motifs is 3. The Bertz CT molecular complexity index is 1710. The van der Waals surface area contributed by atoms with E-state index in [1.165, 1.54) is 12.5 Å². The van der Waals surface area contributed by atoms with Gasteiger partial charge in [0.05, 0.1) is 18.4 Å². The molecule has 0 atom stereocenters. The van der Waals surface area contributed by atoms with E-state index in [1.54, 1.807) is 55.1 Å². The first-order valence-corrected chi connectivity index (χ1v) is 13.2. The summed E-state index contributed by atoms with van der Waals surface area (Å²) in [5.74, 6) is -0.00735. The first-order chi connectivity index (χ1) is 19.7. The SMILES string of the molecule is COc1cc2c(cc1-c1cncc(C(N)=O)c1)-c1c(c(C(=O)N3CCNC(=O)C3(C)C)nn1-c1ccncn1)CC2. The zero-order chi connectivity index (χ0) is 28.9. The third-order valence-electron chi connectivity index (χ3n) is 7.72. The molecular weight excluding hydrogens is 524 g/mol. The van der Waals surface area contributed by atoms with Gasteiger partial charge in [0, 0.05) is 60.0 Å². The summed E-state index contributed by atoms with van der Waals surface area (Å²) in [6.07, 6.45) is 7.28. The van der Waals surface area contributed by atoms with Gasteiger partial charge in [-0.25, -0.2) is 14.6 Å². The van der Waals surface area contributed by atoms with E-state index in [9.17, 15) is 14.4 Å². The molecule has 2 aliphatic rings. The minimum Gasteiger partial charge on any atom is -0.496 e. The molecule has 3 amide bonds. The largest absolute Gasteiger partial charge is 0.496 e. The van der Waals surface area contributed by atoms with Crippen LogP contribution in [0.2, 0.25) is 0 Å². The summed E-state index contributed by atoms with van der Waals surface area (Å²) in [6, 6.07) is 7.31. The maximum absolute atomic E-state index is 14.0. The molecule has 12 heteroatoms. The van der Waals surface area contributed by atoms with Gasteiger partial charge < -0.3 is 20.7 Å². The van der Waals surface area contributed by atoms with Crippen molar-refractivity contribution in [1.82, 2.24) is 34.9 Å². The van der Waals surface area contributed by atoms with E-state index >= 15 is 0 Å². The summed E-state index contributed by atoms with van der Waals surface area (Å²) in [5, 5.41) is 7.64. The maximum Gasteiger partial charge on any atom is 0.275 e. The van der Waals surface area contributed by atoms with Crippen LogP contribution in [0.3, 0.4) is 0 Å². The lowest BCUT2D eigenvalue weighted by atomic mass is 9.86. The molecule has 12 nitrogen and oxygen atoms in total. The van der Waals surface area contributed by atoms with Gasteiger partial charge in [-0.15, -0.1) is 0 Å². The second kappa shape index (κ2) is 9.81. The highest BCUT2D eigenvalue weighted by molar-refractivity contribution is 6.01. The monoisotopic (exact) mass is 552 g/mol. The summed E-state index contributed by atoms with van der Waals surface area (Å²) in [4.78, 5) is 52.8. The van der Waals surface area contributed by atoms with Crippen LogP contribution < -0.4 is 15.8 Å². The minimum atomic E-state index is -1.04. The molecule has 6 rings (SSSR count). The van der Waals surface area contributed by atoms with Crippen LogP contribution in [0.1, 0.15) is 45.8 Å². The first kappa shape index (κ1) is 26.1. The number of methoxy groups -OCH3 is 1. The topological polar surface area (TPSA) is 158 Å². The number of primary amides is 1. The predicted octanol–water partition coefficient (Wildman–Crippen LogP) is 1.95. The molecule has 1 aliphatic heterocycles. The quantitative estimate of drug-likeness (QED) is 0.380. The Kier molecular flexibility index (Phi) is 6.24. The minimum absolute atomic E-state index is 0.213. The summed E-state index contributed by atoms with van der Waals surface area (Å²) in [7, 11) is 1.59. The highest BCUT2D eigenvalue weighted by atomic mass is 16.5. The van der Waals surface area contributed by atoms with Gasteiger partial charge in [0.15, 0.2) is 11.5 Å². The zero-order valence-corrected chi connectivity index (χ0v) is 22.8. The molecule has 0 bridgehead atoms. The fourth-order valence-corrected chi connectivity index (χ4v) is 5.52. The summed E-state index contributed by atoms with van der Waals surface area (Å²) in [5.41, 5.74) is 9.71. The number of carbonyl (C=O) groups excluding carboxylic acids is 3. The van der Waals surface area contributed by atoms with Crippen molar-refractivity contribution in [2.45, 2.75) is 32.2 Å². The Morgan fingerprint density at radius 3 is 2.66 bits per heavy atom. The number of nitrogens with one attached hydrogen (secondary N) is 1. The highest BCUT2D eigenvalue weighted by Gasteiger charge is 2.43. The lowest BCUT2D eigenvalue weighted by molar-refractivity contribution is -0.133. The number of rotatable bonds is 5. The van der Waals surface area contributed by atoms with Gasteiger partial charge in [-0.05, 0) is 50.5 Å². The number of aryl methyl sites for hydroxylation is 1. The molecule has 1 fully saturated rings. The van der Waals surface area contributed by atoms with Crippen molar-refractivity contribution in [3.05, 3.63) is 71.6 Å². The number of nitrogens with zero attached hydrogens (tertiary/aromatic N) is 6. The molecule has 1 aliphatic carbocycles. The van der Waals surface area contributed by atoms with Gasteiger partial charge in [0.2, 0.25) is 11.8 Å². The van der Waals surface area contributed by atoms with E-state index < -0.39 is 11.4 Å². The number of aromatic nitrogens is 5. The molecule has 41 heavy (non-hydrogen) atoms. The number of benzene rings is 1. The number of hydrogen-bond acceptors (Lipinski definition) is 8. The molecule has 3 aromatic heterocycles. The van der Waals surface area contributed by atoms with Crippen molar-refractivity contribution >= 4 is 17.7 Å². The lowest BCUT2D eigenvalue weighted by Crippen LogP contribution is -2.63. The Morgan fingerprint density at radius 1 is 1.10 bits per heavy atom. The second-order valence-electron chi connectivity index (χ2n) is 10.5. The number of nitrogens with two attached hydrogens (primary N) is 1. The summed E-state index contributed by atoms with van der Waals surface area (Å²) in [6.45, 7) is 4.20. The normalized spacial score (nSPS) is 15.5. The average Bonchev–Trinajstić information content (AvgIpc) is 3.38. The lowest BCUT2D eigenvalue weighted by Gasteiger charge is -2.40. The highest BCUT2D eigenvalue weighted by Crippen LogP contribution is 2.43. The molecule has 208 valence electrons. The summed E-state index contributed by atoms with van der Waals surface area (Å²) >= 11 is 0. The molecule has 1 saturated heterocycles. The van der Waals surface area contributed by atoms with Gasteiger partial charge in [-0.3, -0.25) is 19.4 Å². The Hall–Kier alpha value is -5.13. The van der Waals surface area contributed by atoms with Crippen molar-refractivity contribution in [1.29, 1.82) is 0 Å². The number of pyridine rings is 1. The molecule has 3 N–H and O–H groups in total. The first-order valence-electron chi connectivity index (χ1n) is 13.2. The van der Waals surface area contributed by atoms with Crippen LogP contribution in [0.4, 0.5) is 0 Å². The number of ether oxygens (including phenoxy) is 1. The molecule has 0 spiro atoms. The molecular formula is C29H28N8O4. The average molecular weight is 553 g/mol. The molecule has 1 aromatic carbocycles. The third kappa shape index (κ3) is 4.28. The van der Waals surface area contributed by atoms with Crippen molar-refractivity contribution in [2.24, 2.45) is 5.73 Å². The van der Waals surface area contributed by atoms with Crippen LogP contribution in [0.15, 0.2) is 49.2 Å². The standard InChI is InChI=1S/C29H28N8O4/c1-29(2)28(40)33-8-9-36(29)27(39)24-19-5-4-16-11-22(41-3)20(17-10-18(26(30)38)14-32-13-17)12-21(16)25(19)37(35-24)23-6-7-31-15-34-23/h6-7,10-15H,4-5,8-9H2,1-3H3,(H2,30,38)(H,33,40). The van der Waals surface area contributed by atoms with E-state index in [0.29, 0.717) is 48.6 Å². The third-order valence-corrected chi connectivity index (χ3v) is 7.72. The maximum atomic E-state index is 14.0. The molecule has 0 radical (unpaired) electrons. The van der Waals surface area contributed by atoms with E-state index in [0.717, 1.165) is 22.4 Å². The molecule has 4 heterocycles. The number of amides is 3. The number of piperazine rings is 1. The van der Waals surface area contributed by atoms with Crippen LogP contribution in [0.25, 0.3) is 28.2 Å². The van der Waals surface area contributed by atoms with Crippen LogP contribution in [-0.4, -0.2) is 73.1 Å². The van der Waals surface area contributed by atoms with Gasteiger partial charge in [0.1, 0.15) is 17.6 Å². The van der Waals surface area contributed by atoms with Gasteiger partial charge in [0.25, 0.3) is 5.91 Å². The van der Waals surface area contributed by atoms with Gasteiger partial charge in [-0.1, -0.05) is 0 Å². The van der Waals surface area contributed by atoms with Gasteiger partial charge in [-0.2, -0.15) is 5.10 Å². The molecule has 4 aromatic rings. The van der Waals surface area contributed by atoms with Crippen LogP contribution in [0, 0.1) is 0 Å². The number of hydrogen-bond donors (Lipinski definition) is 2. The smallest absolute Gasteiger partial charge is 0.275 e. The Balaban J connectivity index is 1.56. The molecule has 0 saturated carbocycles. The van der Waals surface area contributed by atoms with Crippen molar-refractivity contribution < 1.29 is 19.1 Å². The van der Waals surface area contributed by atoms with E-state index in [-0.39, 0.29) is 23.1 Å². The second-order valence-corrected chi connectivity index (χ2v) is 10.5. The van der Waals surface area contributed by atoms with Crippen molar-refractivity contribution in [3.63, 3.8) is 0 Å². The van der Waals surface area contributed by atoms with E-state index in [1.807, 2.05) is 12.1 Å².